The first-order valence-electron chi connectivity index (χ1n) is 4.16. The summed E-state index contributed by atoms with van der Waals surface area (Å²) in [6.07, 6.45) is 3.91. The van der Waals surface area contributed by atoms with Crippen LogP contribution in [-0.4, -0.2) is 28.6 Å². The minimum absolute atomic E-state index is 0.239. The Hall–Kier alpha value is -1.17. The quantitative estimate of drug-likeness (QED) is 0.800. The van der Waals surface area contributed by atoms with Crippen LogP contribution in [0.3, 0.4) is 0 Å². The average Bonchev–Trinajstić information content (AvgIpc) is 2.56. The number of hydrogen-bond donors (Lipinski definition) is 1. The van der Waals surface area contributed by atoms with Crippen LogP contribution in [0.2, 0.25) is 0 Å². The SMILES string of the molecule is O=C1OCC[C@@H]1Nc1ncc(Br)cn1. The van der Waals surface area contributed by atoms with Gasteiger partial charge in [0.2, 0.25) is 5.95 Å². The van der Waals surface area contributed by atoms with Gasteiger partial charge in [0.15, 0.2) is 0 Å². The largest absolute Gasteiger partial charge is 0.464 e. The molecule has 0 bridgehead atoms. The number of carbonyl (C=O) groups is 1. The number of hydrogen-bond acceptors (Lipinski definition) is 5. The highest BCUT2D eigenvalue weighted by atomic mass is 79.9. The number of esters is 1. The van der Waals surface area contributed by atoms with Gasteiger partial charge in [-0.15, -0.1) is 0 Å². The fourth-order valence-electron chi connectivity index (χ4n) is 1.17. The first-order valence-corrected chi connectivity index (χ1v) is 4.96. The Morgan fingerprint density at radius 2 is 2.21 bits per heavy atom. The number of anilines is 1. The van der Waals surface area contributed by atoms with Crippen molar-refractivity contribution < 1.29 is 9.53 Å². The Labute approximate surface area is 89.0 Å². The van der Waals surface area contributed by atoms with E-state index in [4.69, 9.17) is 4.74 Å². The van der Waals surface area contributed by atoms with Gasteiger partial charge >= 0.3 is 5.97 Å². The van der Waals surface area contributed by atoms with E-state index in [1.54, 1.807) is 12.4 Å². The topological polar surface area (TPSA) is 64.1 Å². The monoisotopic (exact) mass is 257 g/mol. The molecule has 0 spiro atoms. The van der Waals surface area contributed by atoms with Crippen molar-refractivity contribution in [1.82, 2.24) is 9.97 Å². The zero-order chi connectivity index (χ0) is 9.97. The number of rotatable bonds is 2. The summed E-state index contributed by atoms with van der Waals surface area (Å²) in [4.78, 5) is 19.1. The third kappa shape index (κ3) is 2.01. The summed E-state index contributed by atoms with van der Waals surface area (Å²) in [7, 11) is 0. The van der Waals surface area contributed by atoms with Crippen LogP contribution < -0.4 is 5.32 Å². The molecule has 2 rings (SSSR count). The van der Waals surface area contributed by atoms with Crippen LogP contribution in [-0.2, 0) is 9.53 Å². The van der Waals surface area contributed by atoms with E-state index in [-0.39, 0.29) is 12.0 Å². The Morgan fingerprint density at radius 1 is 1.50 bits per heavy atom. The lowest BCUT2D eigenvalue weighted by Crippen LogP contribution is -2.25. The summed E-state index contributed by atoms with van der Waals surface area (Å²) in [5, 5.41) is 2.90. The molecule has 0 radical (unpaired) electrons. The van der Waals surface area contributed by atoms with Crippen LogP contribution in [0.15, 0.2) is 16.9 Å². The summed E-state index contributed by atoms with van der Waals surface area (Å²) in [6, 6.07) is -0.309. The van der Waals surface area contributed by atoms with Crippen LogP contribution >= 0.6 is 15.9 Å². The van der Waals surface area contributed by atoms with Gasteiger partial charge < -0.3 is 10.1 Å². The lowest BCUT2D eigenvalue weighted by molar-refractivity contribution is -0.138. The van der Waals surface area contributed by atoms with Crippen molar-refractivity contribution in [3.63, 3.8) is 0 Å². The van der Waals surface area contributed by atoms with Gasteiger partial charge in [0.05, 0.1) is 11.1 Å². The summed E-state index contributed by atoms with van der Waals surface area (Å²) in [5.41, 5.74) is 0. The molecule has 1 atom stereocenters. The maximum atomic E-state index is 11.1. The summed E-state index contributed by atoms with van der Waals surface area (Å²) < 4.78 is 5.60. The molecule has 1 aromatic heterocycles. The molecule has 0 saturated carbocycles. The van der Waals surface area contributed by atoms with Crippen LogP contribution in [0, 0.1) is 0 Å². The number of carbonyl (C=O) groups excluding carboxylic acids is 1. The van der Waals surface area contributed by atoms with E-state index in [1.165, 1.54) is 0 Å². The fourth-order valence-corrected chi connectivity index (χ4v) is 1.37. The lowest BCUT2D eigenvalue weighted by atomic mass is 10.2. The van der Waals surface area contributed by atoms with Crippen LogP contribution in [0.25, 0.3) is 0 Å². The number of halogens is 1. The summed E-state index contributed by atoms with van der Waals surface area (Å²) >= 11 is 3.23. The van der Waals surface area contributed by atoms with E-state index in [2.05, 4.69) is 31.2 Å². The van der Waals surface area contributed by atoms with Gasteiger partial charge in [0.1, 0.15) is 6.04 Å². The molecule has 1 aromatic rings. The van der Waals surface area contributed by atoms with E-state index >= 15 is 0 Å². The average molecular weight is 258 g/mol. The Bertz CT molecular complexity index is 341. The standard InChI is InChI=1S/C8H8BrN3O2/c9-5-3-10-8(11-4-5)12-6-1-2-14-7(6)13/h3-4,6H,1-2H2,(H,10,11,12)/t6-/m0/s1. The van der Waals surface area contributed by atoms with E-state index in [0.29, 0.717) is 19.0 Å². The molecule has 5 nitrogen and oxygen atoms in total. The number of cyclic esters (lactones) is 1. The molecule has 14 heavy (non-hydrogen) atoms. The minimum Gasteiger partial charge on any atom is -0.464 e. The van der Waals surface area contributed by atoms with Gasteiger partial charge in [-0.25, -0.2) is 14.8 Å². The van der Waals surface area contributed by atoms with Crippen molar-refractivity contribution >= 4 is 27.8 Å². The Morgan fingerprint density at radius 3 is 2.79 bits per heavy atom. The van der Waals surface area contributed by atoms with E-state index in [1.807, 2.05) is 0 Å². The van der Waals surface area contributed by atoms with Crippen LogP contribution in [0.5, 0.6) is 0 Å². The van der Waals surface area contributed by atoms with Crippen molar-refractivity contribution in [2.75, 3.05) is 11.9 Å². The molecule has 1 fully saturated rings. The molecule has 0 amide bonds. The first kappa shape index (κ1) is 9.39. The molecule has 0 aliphatic carbocycles. The van der Waals surface area contributed by atoms with Gasteiger partial charge in [-0.05, 0) is 15.9 Å². The summed E-state index contributed by atoms with van der Waals surface area (Å²) in [6.45, 7) is 0.465. The van der Waals surface area contributed by atoms with E-state index in [9.17, 15) is 4.79 Å². The number of nitrogens with one attached hydrogen (secondary N) is 1. The molecule has 1 aliphatic heterocycles. The third-order valence-electron chi connectivity index (χ3n) is 1.86. The van der Waals surface area contributed by atoms with Crippen molar-refractivity contribution in [1.29, 1.82) is 0 Å². The van der Waals surface area contributed by atoms with Crippen molar-refractivity contribution in [2.24, 2.45) is 0 Å². The smallest absolute Gasteiger partial charge is 0.328 e. The number of aromatic nitrogens is 2. The maximum Gasteiger partial charge on any atom is 0.328 e. The van der Waals surface area contributed by atoms with Gasteiger partial charge in [-0.3, -0.25) is 0 Å². The second-order valence-electron chi connectivity index (χ2n) is 2.88. The Balaban J connectivity index is 2.03. The lowest BCUT2D eigenvalue weighted by Gasteiger charge is -2.07. The highest BCUT2D eigenvalue weighted by molar-refractivity contribution is 9.10. The van der Waals surface area contributed by atoms with Crippen molar-refractivity contribution in [3.05, 3.63) is 16.9 Å². The zero-order valence-corrected chi connectivity index (χ0v) is 8.82. The normalized spacial score (nSPS) is 20.6. The van der Waals surface area contributed by atoms with Gasteiger partial charge in [0.25, 0.3) is 0 Å². The molecule has 0 unspecified atom stereocenters. The van der Waals surface area contributed by atoms with Crippen molar-refractivity contribution in [3.8, 4) is 0 Å². The first-order chi connectivity index (χ1) is 6.75. The Kier molecular flexibility index (Phi) is 2.62. The highest BCUT2D eigenvalue weighted by Gasteiger charge is 2.26. The molecule has 1 aliphatic rings. The van der Waals surface area contributed by atoms with Crippen LogP contribution in [0.1, 0.15) is 6.42 Å². The molecular formula is C8H8BrN3O2. The molecule has 0 aromatic carbocycles. The second kappa shape index (κ2) is 3.91. The van der Waals surface area contributed by atoms with Crippen molar-refractivity contribution in [2.45, 2.75) is 12.5 Å². The molecule has 1 N–H and O–H groups in total. The third-order valence-corrected chi connectivity index (χ3v) is 2.27. The number of ether oxygens (including phenoxy) is 1. The maximum absolute atomic E-state index is 11.1. The minimum atomic E-state index is -0.309. The molecule has 2 heterocycles. The second-order valence-corrected chi connectivity index (χ2v) is 3.79. The fraction of sp³-hybridized carbons (Fsp3) is 0.375. The predicted octanol–water partition coefficient (Wildman–Crippen LogP) is 0.966. The number of nitrogens with zero attached hydrogens (tertiary/aromatic N) is 2. The van der Waals surface area contributed by atoms with E-state index < -0.39 is 0 Å². The molecular weight excluding hydrogens is 250 g/mol. The van der Waals surface area contributed by atoms with E-state index in [0.717, 1.165) is 4.47 Å². The molecule has 74 valence electrons. The molecule has 1 saturated heterocycles. The van der Waals surface area contributed by atoms with Gasteiger partial charge in [-0.1, -0.05) is 0 Å². The van der Waals surface area contributed by atoms with Gasteiger partial charge in [-0.2, -0.15) is 0 Å². The van der Waals surface area contributed by atoms with Gasteiger partial charge in [0, 0.05) is 18.8 Å². The van der Waals surface area contributed by atoms with Crippen LogP contribution in [0.4, 0.5) is 5.95 Å². The highest BCUT2D eigenvalue weighted by Crippen LogP contribution is 2.12. The summed E-state index contributed by atoms with van der Waals surface area (Å²) in [5.74, 6) is 0.202. The zero-order valence-electron chi connectivity index (χ0n) is 7.24. The predicted molar refractivity (Wildman–Crippen MR) is 52.7 cm³/mol. The molecule has 6 heteroatoms.